The summed E-state index contributed by atoms with van der Waals surface area (Å²) in [5, 5.41) is 7.30. The van der Waals surface area contributed by atoms with Crippen LogP contribution in [0.2, 0.25) is 0 Å². The van der Waals surface area contributed by atoms with Gasteiger partial charge in [-0.25, -0.2) is 9.97 Å². The zero-order valence-corrected chi connectivity index (χ0v) is 16.2. The minimum absolute atomic E-state index is 0.236. The van der Waals surface area contributed by atoms with Crippen molar-refractivity contribution in [2.24, 2.45) is 13.0 Å². The number of piperidine rings is 1. The molecule has 0 radical (unpaired) electrons. The van der Waals surface area contributed by atoms with Crippen molar-refractivity contribution in [2.75, 3.05) is 23.3 Å². The maximum atomic E-state index is 12.7. The van der Waals surface area contributed by atoms with Gasteiger partial charge >= 0.3 is 0 Å². The van der Waals surface area contributed by atoms with Crippen LogP contribution >= 0.6 is 0 Å². The Morgan fingerprint density at radius 2 is 1.79 bits per heavy atom. The molecule has 1 saturated heterocycles. The number of hydrogen-bond acceptors (Lipinski definition) is 5. The number of amides is 1. The van der Waals surface area contributed by atoms with E-state index in [1.54, 1.807) is 30.2 Å². The molecule has 1 aliphatic heterocycles. The van der Waals surface area contributed by atoms with Gasteiger partial charge in [-0.15, -0.1) is 0 Å². The Hall–Kier alpha value is -3.22. The molecule has 0 bridgehead atoms. The van der Waals surface area contributed by atoms with Crippen LogP contribution in [0.3, 0.4) is 0 Å². The van der Waals surface area contributed by atoms with Crippen LogP contribution in [0, 0.1) is 5.92 Å². The number of nitrogens with zero attached hydrogens (tertiary/aromatic N) is 5. The molecular weight excluding hydrogens is 352 g/mol. The van der Waals surface area contributed by atoms with E-state index in [0.717, 1.165) is 49.1 Å². The molecule has 2 aromatic heterocycles. The van der Waals surface area contributed by atoms with E-state index in [4.69, 9.17) is 0 Å². The van der Waals surface area contributed by atoms with Crippen molar-refractivity contribution in [3.05, 3.63) is 54.5 Å². The molecule has 1 aromatic carbocycles. The number of rotatable bonds is 4. The number of nitrogens with one attached hydrogen (secondary N) is 1. The summed E-state index contributed by atoms with van der Waals surface area (Å²) in [6.07, 6.45) is 5.64. The highest BCUT2D eigenvalue weighted by atomic mass is 16.2. The molecule has 0 unspecified atom stereocenters. The highest BCUT2D eigenvalue weighted by Gasteiger charge is 2.18. The van der Waals surface area contributed by atoms with Gasteiger partial charge in [0, 0.05) is 25.7 Å². The van der Waals surface area contributed by atoms with Crippen LogP contribution in [0.4, 0.5) is 11.6 Å². The van der Waals surface area contributed by atoms with Crippen molar-refractivity contribution in [1.29, 1.82) is 0 Å². The zero-order chi connectivity index (χ0) is 19.5. The van der Waals surface area contributed by atoms with Crippen LogP contribution in [0.15, 0.2) is 48.8 Å². The number of carbonyl (C=O) groups is 1. The molecule has 1 N–H and O–H groups in total. The minimum Gasteiger partial charge on any atom is -0.341 e. The Kier molecular flexibility index (Phi) is 5.06. The molecule has 0 atom stereocenters. The highest BCUT2D eigenvalue weighted by Crippen LogP contribution is 2.21. The first kappa shape index (κ1) is 18.2. The van der Waals surface area contributed by atoms with E-state index in [1.807, 2.05) is 30.3 Å². The second kappa shape index (κ2) is 7.80. The van der Waals surface area contributed by atoms with E-state index >= 15 is 0 Å². The number of benzene rings is 1. The molecule has 4 rings (SSSR count). The van der Waals surface area contributed by atoms with E-state index in [9.17, 15) is 4.79 Å². The Bertz CT molecular complexity index is 943. The molecular formula is C21H24N6O. The van der Waals surface area contributed by atoms with Crippen LogP contribution < -0.4 is 10.2 Å². The summed E-state index contributed by atoms with van der Waals surface area (Å²) in [5.41, 5.74) is 2.79. The molecule has 1 fully saturated rings. The van der Waals surface area contributed by atoms with E-state index in [0.29, 0.717) is 11.4 Å². The maximum Gasteiger partial charge on any atom is 0.274 e. The van der Waals surface area contributed by atoms with Crippen molar-refractivity contribution in [1.82, 2.24) is 19.7 Å². The van der Waals surface area contributed by atoms with E-state index in [-0.39, 0.29) is 5.91 Å². The van der Waals surface area contributed by atoms with Gasteiger partial charge in [-0.3, -0.25) is 9.48 Å². The molecule has 1 amide bonds. The van der Waals surface area contributed by atoms with Gasteiger partial charge in [0.15, 0.2) is 0 Å². The van der Waals surface area contributed by atoms with Crippen LogP contribution in [-0.4, -0.2) is 38.7 Å². The average molecular weight is 376 g/mol. The smallest absolute Gasteiger partial charge is 0.274 e. The van der Waals surface area contributed by atoms with Crippen molar-refractivity contribution in [3.8, 4) is 11.3 Å². The van der Waals surface area contributed by atoms with Gasteiger partial charge in [-0.05, 0) is 24.8 Å². The molecule has 144 valence electrons. The first-order valence-corrected chi connectivity index (χ1v) is 9.58. The Balaban J connectivity index is 1.44. The third-order valence-electron chi connectivity index (χ3n) is 5.14. The number of carbonyl (C=O) groups excluding carboxylic acids is 1. The van der Waals surface area contributed by atoms with Gasteiger partial charge in [-0.2, -0.15) is 5.10 Å². The van der Waals surface area contributed by atoms with Crippen molar-refractivity contribution >= 4 is 17.5 Å². The predicted molar refractivity (Wildman–Crippen MR) is 109 cm³/mol. The summed E-state index contributed by atoms with van der Waals surface area (Å²) in [6.45, 7) is 4.23. The number of aryl methyl sites for hydroxylation is 1. The first-order chi connectivity index (χ1) is 13.6. The van der Waals surface area contributed by atoms with Crippen LogP contribution in [0.1, 0.15) is 30.3 Å². The van der Waals surface area contributed by atoms with Crippen LogP contribution in [0.5, 0.6) is 0 Å². The van der Waals surface area contributed by atoms with Crippen molar-refractivity contribution < 1.29 is 4.79 Å². The van der Waals surface area contributed by atoms with Gasteiger partial charge in [-0.1, -0.05) is 37.3 Å². The maximum absolute atomic E-state index is 12.7. The molecule has 3 aromatic rings. The fraction of sp³-hybridized carbons (Fsp3) is 0.333. The normalized spacial score (nSPS) is 14.9. The molecule has 28 heavy (non-hydrogen) atoms. The summed E-state index contributed by atoms with van der Waals surface area (Å²) < 4.78 is 1.59. The third kappa shape index (κ3) is 3.88. The average Bonchev–Trinajstić information content (AvgIpc) is 3.12. The fourth-order valence-electron chi connectivity index (χ4n) is 3.38. The lowest BCUT2D eigenvalue weighted by atomic mass is 10.00. The standard InChI is InChI=1S/C21H24N6O/c1-15-8-10-27(11-9-15)21-22-13-17(14-23-21)24-20(28)19-12-18(25-26(19)2)16-6-4-3-5-7-16/h3-7,12-15H,8-11H2,1-2H3,(H,24,28). The topological polar surface area (TPSA) is 75.9 Å². The fourth-order valence-corrected chi connectivity index (χ4v) is 3.38. The SMILES string of the molecule is CC1CCN(c2ncc(NC(=O)c3cc(-c4ccccc4)nn3C)cn2)CC1. The monoisotopic (exact) mass is 376 g/mol. The summed E-state index contributed by atoms with van der Waals surface area (Å²) in [7, 11) is 1.76. The Morgan fingerprint density at radius 1 is 1.11 bits per heavy atom. The molecule has 7 heteroatoms. The van der Waals surface area contributed by atoms with Gasteiger partial charge in [0.2, 0.25) is 5.95 Å². The predicted octanol–water partition coefficient (Wildman–Crippen LogP) is 3.37. The summed E-state index contributed by atoms with van der Waals surface area (Å²) in [6, 6.07) is 11.6. The number of anilines is 2. The number of hydrogen-bond donors (Lipinski definition) is 1. The lowest BCUT2D eigenvalue weighted by molar-refractivity contribution is 0.101. The second-order valence-electron chi connectivity index (χ2n) is 7.30. The van der Waals surface area contributed by atoms with E-state index < -0.39 is 0 Å². The largest absolute Gasteiger partial charge is 0.341 e. The second-order valence-corrected chi connectivity index (χ2v) is 7.30. The Morgan fingerprint density at radius 3 is 2.46 bits per heavy atom. The van der Waals surface area contributed by atoms with Gasteiger partial charge in [0.1, 0.15) is 5.69 Å². The molecule has 0 aliphatic carbocycles. The van der Waals surface area contributed by atoms with Crippen LogP contribution in [0.25, 0.3) is 11.3 Å². The van der Waals surface area contributed by atoms with Gasteiger partial charge in [0.25, 0.3) is 5.91 Å². The van der Waals surface area contributed by atoms with Crippen LogP contribution in [-0.2, 0) is 7.05 Å². The quantitative estimate of drug-likeness (QED) is 0.756. The summed E-state index contributed by atoms with van der Waals surface area (Å²) in [5.74, 6) is 1.24. The third-order valence-corrected chi connectivity index (χ3v) is 5.14. The summed E-state index contributed by atoms with van der Waals surface area (Å²) in [4.78, 5) is 23.7. The van der Waals surface area contributed by atoms with Crippen molar-refractivity contribution in [3.63, 3.8) is 0 Å². The molecule has 0 spiro atoms. The summed E-state index contributed by atoms with van der Waals surface area (Å²) >= 11 is 0. The van der Waals surface area contributed by atoms with Gasteiger partial charge < -0.3 is 10.2 Å². The van der Waals surface area contributed by atoms with E-state index in [1.165, 1.54) is 0 Å². The van der Waals surface area contributed by atoms with E-state index in [2.05, 4.69) is 32.2 Å². The van der Waals surface area contributed by atoms with Gasteiger partial charge in [0.05, 0.1) is 23.8 Å². The number of aromatic nitrogens is 4. The van der Waals surface area contributed by atoms with Crippen molar-refractivity contribution in [2.45, 2.75) is 19.8 Å². The molecule has 7 nitrogen and oxygen atoms in total. The first-order valence-electron chi connectivity index (χ1n) is 9.58. The molecule has 3 heterocycles. The molecule has 0 saturated carbocycles. The highest BCUT2D eigenvalue weighted by molar-refractivity contribution is 6.03. The Labute approximate surface area is 164 Å². The minimum atomic E-state index is -0.236. The zero-order valence-electron chi connectivity index (χ0n) is 16.2. The lowest BCUT2D eigenvalue weighted by Crippen LogP contribution is -2.34. The molecule has 1 aliphatic rings. The lowest BCUT2D eigenvalue weighted by Gasteiger charge is -2.30.